The van der Waals surface area contributed by atoms with Gasteiger partial charge in [0.25, 0.3) is 5.91 Å². The van der Waals surface area contributed by atoms with Crippen molar-refractivity contribution in [2.45, 2.75) is 6.54 Å². The molecule has 0 unspecified atom stereocenters. The predicted octanol–water partition coefficient (Wildman–Crippen LogP) is 2.75. The first kappa shape index (κ1) is 17.9. The molecule has 0 fully saturated rings. The number of oxazole rings is 2. The van der Waals surface area contributed by atoms with Crippen molar-refractivity contribution < 1.29 is 22.8 Å². The number of pyridine rings is 1. The highest BCUT2D eigenvalue weighted by Crippen LogP contribution is 2.14. The van der Waals surface area contributed by atoms with Gasteiger partial charge in [0.05, 0.1) is 12.2 Å². The summed E-state index contributed by atoms with van der Waals surface area (Å²) in [5, 5.41) is 2.51. The SMILES string of the molecule is C=Cc1nc(C(=O)NCc2nccc(/C=C/c3nc(C=O)co3)c2F)co1. The van der Waals surface area contributed by atoms with E-state index in [-0.39, 0.29) is 41.0 Å². The standard InChI is InChI=1S/C18H13FN4O4/c1-2-15-23-14(10-27-15)18(25)21-7-13-17(19)11(5-6-20-13)3-4-16-22-12(8-24)9-26-16/h2-6,8-10H,1,7H2,(H,21,25)/b4-3+. The van der Waals surface area contributed by atoms with Gasteiger partial charge in [0, 0.05) is 17.8 Å². The molecule has 3 rings (SSSR count). The summed E-state index contributed by atoms with van der Waals surface area (Å²) < 4.78 is 24.6. The summed E-state index contributed by atoms with van der Waals surface area (Å²) in [6, 6.07) is 1.45. The van der Waals surface area contributed by atoms with Crippen molar-refractivity contribution in [2.75, 3.05) is 0 Å². The minimum atomic E-state index is -0.608. The number of halogens is 1. The molecule has 0 radical (unpaired) electrons. The zero-order valence-electron chi connectivity index (χ0n) is 13.9. The second-order valence-electron chi connectivity index (χ2n) is 5.18. The molecule has 1 amide bonds. The molecule has 0 aliphatic heterocycles. The Balaban J connectivity index is 1.69. The van der Waals surface area contributed by atoms with Crippen molar-refractivity contribution in [3.05, 3.63) is 71.6 Å². The number of nitrogens with zero attached hydrogens (tertiary/aromatic N) is 3. The highest BCUT2D eigenvalue weighted by atomic mass is 19.1. The van der Waals surface area contributed by atoms with Gasteiger partial charge < -0.3 is 14.2 Å². The molecule has 136 valence electrons. The Hall–Kier alpha value is -3.88. The van der Waals surface area contributed by atoms with Crippen LogP contribution in [0.25, 0.3) is 18.2 Å². The van der Waals surface area contributed by atoms with Crippen molar-refractivity contribution in [3.63, 3.8) is 0 Å². The molecule has 0 atom stereocenters. The summed E-state index contributed by atoms with van der Waals surface area (Å²) in [6.45, 7) is 3.34. The fraction of sp³-hybridized carbons (Fsp3) is 0.0556. The molecule has 3 heterocycles. The van der Waals surface area contributed by atoms with Gasteiger partial charge in [0.2, 0.25) is 11.8 Å². The van der Waals surface area contributed by atoms with Crippen molar-refractivity contribution in [3.8, 4) is 0 Å². The van der Waals surface area contributed by atoms with E-state index < -0.39 is 11.7 Å². The zero-order chi connectivity index (χ0) is 19.2. The van der Waals surface area contributed by atoms with Crippen LogP contribution in [0.1, 0.15) is 44.0 Å². The highest BCUT2D eigenvalue weighted by Gasteiger charge is 2.13. The van der Waals surface area contributed by atoms with Crippen LogP contribution in [0.4, 0.5) is 4.39 Å². The highest BCUT2D eigenvalue weighted by molar-refractivity contribution is 5.92. The van der Waals surface area contributed by atoms with E-state index in [2.05, 4.69) is 26.8 Å². The molecule has 0 spiro atoms. The van der Waals surface area contributed by atoms with E-state index in [0.717, 1.165) is 0 Å². The van der Waals surface area contributed by atoms with Crippen LogP contribution in [0.15, 0.2) is 40.2 Å². The van der Waals surface area contributed by atoms with Crippen LogP contribution in [-0.4, -0.2) is 27.1 Å². The quantitative estimate of drug-likeness (QED) is 0.638. The number of hydrogen-bond donors (Lipinski definition) is 1. The van der Waals surface area contributed by atoms with E-state index in [4.69, 9.17) is 8.83 Å². The van der Waals surface area contributed by atoms with Crippen molar-refractivity contribution in [2.24, 2.45) is 0 Å². The molecule has 3 aromatic rings. The summed E-state index contributed by atoms with van der Waals surface area (Å²) in [6.07, 6.45) is 8.53. The van der Waals surface area contributed by atoms with Crippen LogP contribution in [0.3, 0.4) is 0 Å². The largest absolute Gasteiger partial charge is 0.444 e. The first-order valence-electron chi connectivity index (χ1n) is 7.69. The Morgan fingerprint density at radius 3 is 2.74 bits per heavy atom. The van der Waals surface area contributed by atoms with Crippen LogP contribution in [-0.2, 0) is 6.54 Å². The zero-order valence-corrected chi connectivity index (χ0v) is 13.9. The molecule has 1 N–H and O–H groups in total. The van der Waals surface area contributed by atoms with Gasteiger partial charge in [-0.15, -0.1) is 0 Å². The maximum Gasteiger partial charge on any atom is 0.273 e. The van der Waals surface area contributed by atoms with Gasteiger partial charge in [0.15, 0.2) is 17.8 Å². The molecular weight excluding hydrogens is 355 g/mol. The third kappa shape index (κ3) is 4.21. The van der Waals surface area contributed by atoms with Crippen LogP contribution < -0.4 is 5.32 Å². The number of hydrogen-bond acceptors (Lipinski definition) is 7. The third-order valence-corrected chi connectivity index (χ3v) is 3.40. The molecule has 0 aliphatic carbocycles. The molecule has 0 aliphatic rings. The second kappa shape index (κ2) is 8.00. The average molecular weight is 368 g/mol. The molecule has 0 saturated carbocycles. The molecule has 0 bridgehead atoms. The normalized spacial score (nSPS) is 10.9. The van der Waals surface area contributed by atoms with Crippen LogP contribution in [0, 0.1) is 5.82 Å². The van der Waals surface area contributed by atoms with Crippen LogP contribution in [0.5, 0.6) is 0 Å². The lowest BCUT2D eigenvalue weighted by molar-refractivity contribution is 0.0944. The molecule has 9 heteroatoms. The fourth-order valence-corrected chi connectivity index (χ4v) is 2.09. The lowest BCUT2D eigenvalue weighted by Gasteiger charge is -2.05. The Morgan fingerprint density at radius 2 is 2.04 bits per heavy atom. The maximum absolute atomic E-state index is 14.5. The third-order valence-electron chi connectivity index (χ3n) is 3.40. The van der Waals surface area contributed by atoms with Gasteiger partial charge in [-0.2, -0.15) is 0 Å². The number of carbonyl (C=O) groups is 2. The maximum atomic E-state index is 14.5. The van der Waals surface area contributed by atoms with Gasteiger partial charge in [-0.25, -0.2) is 14.4 Å². The fourth-order valence-electron chi connectivity index (χ4n) is 2.09. The lowest BCUT2D eigenvalue weighted by Crippen LogP contribution is -2.24. The molecular formula is C18H13FN4O4. The number of amides is 1. The van der Waals surface area contributed by atoms with E-state index in [1.54, 1.807) is 0 Å². The second-order valence-corrected chi connectivity index (χ2v) is 5.18. The Bertz CT molecular complexity index is 1020. The van der Waals surface area contributed by atoms with Crippen LogP contribution in [0.2, 0.25) is 0 Å². The minimum Gasteiger partial charge on any atom is -0.444 e. The topological polar surface area (TPSA) is 111 Å². The van der Waals surface area contributed by atoms with E-state index >= 15 is 0 Å². The minimum absolute atomic E-state index is 0.0407. The molecule has 0 aromatic carbocycles. The molecule has 8 nitrogen and oxygen atoms in total. The molecule has 0 saturated heterocycles. The Morgan fingerprint density at radius 1 is 1.22 bits per heavy atom. The van der Waals surface area contributed by atoms with E-state index in [1.807, 2.05) is 0 Å². The van der Waals surface area contributed by atoms with Gasteiger partial charge in [0.1, 0.15) is 18.2 Å². The van der Waals surface area contributed by atoms with Gasteiger partial charge in [-0.05, 0) is 18.2 Å². The number of aldehydes is 1. The number of nitrogens with one attached hydrogen (secondary N) is 1. The Labute approximate surface area is 152 Å². The van der Waals surface area contributed by atoms with E-state index in [9.17, 15) is 14.0 Å². The lowest BCUT2D eigenvalue weighted by atomic mass is 10.2. The predicted molar refractivity (Wildman–Crippen MR) is 92.8 cm³/mol. The summed E-state index contributed by atoms with van der Waals surface area (Å²) in [4.78, 5) is 34.3. The summed E-state index contributed by atoms with van der Waals surface area (Å²) in [5.74, 6) is -0.772. The first-order valence-corrected chi connectivity index (χ1v) is 7.69. The van der Waals surface area contributed by atoms with Gasteiger partial charge in [-0.3, -0.25) is 14.6 Å². The van der Waals surface area contributed by atoms with Gasteiger partial charge in [-0.1, -0.05) is 6.58 Å². The van der Waals surface area contributed by atoms with Crippen molar-refractivity contribution in [1.29, 1.82) is 0 Å². The van der Waals surface area contributed by atoms with Crippen molar-refractivity contribution >= 4 is 30.4 Å². The monoisotopic (exact) mass is 368 g/mol. The number of carbonyl (C=O) groups excluding carboxylic acids is 2. The summed E-state index contributed by atoms with van der Waals surface area (Å²) >= 11 is 0. The molecule has 27 heavy (non-hydrogen) atoms. The number of aromatic nitrogens is 3. The summed E-state index contributed by atoms with van der Waals surface area (Å²) in [7, 11) is 0. The summed E-state index contributed by atoms with van der Waals surface area (Å²) in [5.41, 5.74) is 0.450. The van der Waals surface area contributed by atoms with Crippen molar-refractivity contribution in [1.82, 2.24) is 20.3 Å². The average Bonchev–Trinajstić information content (AvgIpc) is 3.35. The first-order chi connectivity index (χ1) is 13.1. The smallest absolute Gasteiger partial charge is 0.273 e. The van der Waals surface area contributed by atoms with Crippen LogP contribution >= 0.6 is 0 Å². The van der Waals surface area contributed by atoms with Gasteiger partial charge >= 0.3 is 0 Å². The molecule has 3 aromatic heterocycles. The van der Waals surface area contributed by atoms with E-state index in [0.29, 0.717) is 6.29 Å². The number of rotatable bonds is 7. The van der Waals surface area contributed by atoms with E-state index in [1.165, 1.54) is 43.0 Å². The Kier molecular flexibility index (Phi) is 5.31.